The largest absolute Gasteiger partial charge is 0.486 e. The number of imidazole rings is 1. The van der Waals surface area contributed by atoms with Gasteiger partial charge in [-0.05, 0) is 31.2 Å². The minimum atomic E-state index is 0.0815. The molecule has 3 aromatic rings. The van der Waals surface area contributed by atoms with Gasteiger partial charge in [-0.2, -0.15) is 0 Å². The van der Waals surface area contributed by atoms with E-state index in [0.29, 0.717) is 31.9 Å². The number of carbonyl (C=O) groups is 1. The smallest absolute Gasteiger partial charge is 0.227 e. The van der Waals surface area contributed by atoms with Crippen molar-refractivity contribution in [3.8, 4) is 11.5 Å². The number of ether oxygens (including phenoxy) is 2. The summed E-state index contributed by atoms with van der Waals surface area (Å²) in [5, 5.41) is 0. The summed E-state index contributed by atoms with van der Waals surface area (Å²) < 4.78 is 13.5. The molecule has 2 aromatic carbocycles. The Morgan fingerprint density at radius 3 is 2.78 bits per heavy atom. The highest BCUT2D eigenvalue weighted by Gasteiger charge is 2.35. The van der Waals surface area contributed by atoms with E-state index < -0.39 is 0 Å². The Bertz CT molecular complexity index is 1030. The Morgan fingerprint density at radius 2 is 1.93 bits per heavy atom. The van der Waals surface area contributed by atoms with Crippen LogP contribution in [-0.4, -0.2) is 35.2 Å². The number of anilines is 1. The molecule has 27 heavy (non-hydrogen) atoms. The maximum Gasteiger partial charge on any atom is 0.227 e. The highest BCUT2D eigenvalue weighted by Crippen LogP contribution is 2.38. The molecule has 1 aromatic heterocycles. The Morgan fingerprint density at radius 1 is 1.11 bits per heavy atom. The van der Waals surface area contributed by atoms with Crippen LogP contribution in [0.25, 0.3) is 11.0 Å². The quantitative estimate of drug-likeness (QED) is 0.716. The van der Waals surface area contributed by atoms with E-state index in [4.69, 9.17) is 14.5 Å². The first-order valence-corrected chi connectivity index (χ1v) is 9.40. The second-order valence-electron chi connectivity index (χ2n) is 6.94. The van der Waals surface area contributed by atoms with Crippen molar-refractivity contribution in [2.75, 3.05) is 24.7 Å². The van der Waals surface area contributed by atoms with E-state index in [0.717, 1.165) is 34.8 Å². The highest BCUT2D eigenvalue weighted by molar-refractivity contribution is 5.96. The van der Waals surface area contributed by atoms with Crippen LogP contribution in [0.5, 0.6) is 11.5 Å². The average Bonchev–Trinajstić information content (AvgIpc) is 3.27. The van der Waals surface area contributed by atoms with Gasteiger partial charge in [0.2, 0.25) is 5.91 Å². The van der Waals surface area contributed by atoms with Gasteiger partial charge >= 0.3 is 0 Å². The van der Waals surface area contributed by atoms with Crippen molar-refractivity contribution in [1.82, 2.24) is 9.55 Å². The molecule has 1 atom stereocenters. The molecule has 0 spiro atoms. The van der Waals surface area contributed by atoms with Gasteiger partial charge < -0.3 is 18.9 Å². The molecule has 5 rings (SSSR count). The van der Waals surface area contributed by atoms with Gasteiger partial charge in [0, 0.05) is 37.2 Å². The van der Waals surface area contributed by atoms with E-state index in [-0.39, 0.29) is 11.8 Å². The number of nitrogens with zero attached hydrogens (tertiary/aromatic N) is 3. The van der Waals surface area contributed by atoms with E-state index in [2.05, 4.69) is 17.6 Å². The molecular formula is C21H21N3O3. The Labute approximate surface area is 157 Å². The molecule has 2 aliphatic heterocycles. The summed E-state index contributed by atoms with van der Waals surface area (Å²) in [6.45, 7) is 4.68. The first-order valence-electron chi connectivity index (χ1n) is 9.40. The van der Waals surface area contributed by atoms with Crippen LogP contribution in [0.1, 0.15) is 25.1 Å². The standard InChI is InChI=1S/C21H21N3O3/c1-2-23-17-6-4-3-5-16(17)22-21(23)14-11-20(25)24(13-14)15-7-8-18-19(12-15)27-10-9-26-18/h3-8,12,14H,2,9-11,13H2,1H3. The van der Waals surface area contributed by atoms with E-state index in [9.17, 15) is 4.79 Å². The van der Waals surface area contributed by atoms with Gasteiger partial charge in [-0.25, -0.2) is 4.98 Å². The minimum Gasteiger partial charge on any atom is -0.486 e. The second-order valence-corrected chi connectivity index (χ2v) is 6.94. The fraction of sp³-hybridized carbons (Fsp3) is 0.333. The molecule has 0 bridgehead atoms. The van der Waals surface area contributed by atoms with Crippen LogP contribution in [0, 0.1) is 0 Å². The van der Waals surface area contributed by atoms with Crippen molar-refractivity contribution >= 4 is 22.6 Å². The summed E-state index contributed by atoms with van der Waals surface area (Å²) in [5.41, 5.74) is 2.96. The third-order valence-corrected chi connectivity index (χ3v) is 5.33. The fourth-order valence-electron chi connectivity index (χ4n) is 4.07. The van der Waals surface area contributed by atoms with Crippen molar-refractivity contribution in [2.45, 2.75) is 25.8 Å². The zero-order chi connectivity index (χ0) is 18.4. The molecule has 0 aliphatic carbocycles. The Hall–Kier alpha value is -3.02. The first kappa shape index (κ1) is 16.2. The number of fused-ring (bicyclic) bond motifs is 2. The molecule has 1 saturated heterocycles. The molecule has 1 unspecified atom stereocenters. The number of aryl methyl sites for hydroxylation is 1. The fourth-order valence-corrected chi connectivity index (χ4v) is 4.07. The Kier molecular flexibility index (Phi) is 3.77. The third kappa shape index (κ3) is 2.63. The maximum absolute atomic E-state index is 12.8. The van der Waals surface area contributed by atoms with Gasteiger partial charge in [-0.3, -0.25) is 4.79 Å². The summed E-state index contributed by atoms with van der Waals surface area (Å²) in [6, 6.07) is 13.9. The molecule has 6 nitrogen and oxygen atoms in total. The van der Waals surface area contributed by atoms with Gasteiger partial charge in [0.25, 0.3) is 0 Å². The Balaban J connectivity index is 1.47. The summed E-state index contributed by atoms with van der Waals surface area (Å²) in [4.78, 5) is 19.4. The van der Waals surface area contributed by atoms with Crippen LogP contribution in [0.2, 0.25) is 0 Å². The van der Waals surface area contributed by atoms with Crippen LogP contribution < -0.4 is 14.4 Å². The van der Waals surface area contributed by atoms with Crippen molar-refractivity contribution < 1.29 is 14.3 Å². The van der Waals surface area contributed by atoms with Crippen molar-refractivity contribution in [3.05, 3.63) is 48.3 Å². The molecule has 138 valence electrons. The van der Waals surface area contributed by atoms with Crippen molar-refractivity contribution in [2.24, 2.45) is 0 Å². The van der Waals surface area contributed by atoms with Crippen molar-refractivity contribution in [3.63, 3.8) is 0 Å². The summed E-state index contributed by atoms with van der Waals surface area (Å²) in [6.07, 6.45) is 0.470. The van der Waals surface area contributed by atoms with E-state index >= 15 is 0 Å². The lowest BCUT2D eigenvalue weighted by Gasteiger charge is -2.22. The average molecular weight is 363 g/mol. The third-order valence-electron chi connectivity index (χ3n) is 5.33. The van der Waals surface area contributed by atoms with Gasteiger partial charge in [0.05, 0.1) is 11.0 Å². The normalized spacial score (nSPS) is 19.1. The van der Waals surface area contributed by atoms with E-state index in [1.807, 2.05) is 41.3 Å². The van der Waals surface area contributed by atoms with Crippen LogP contribution in [0.3, 0.4) is 0 Å². The lowest BCUT2D eigenvalue weighted by Crippen LogP contribution is -2.25. The molecule has 0 saturated carbocycles. The number of aromatic nitrogens is 2. The minimum absolute atomic E-state index is 0.0815. The predicted molar refractivity (Wildman–Crippen MR) is 103 cm³/mol. The molecule has 1 fully saturated rings. The molecule has 6 heteroatoms. The van der Waals surface area contributed by atoms with Gasteiger partial charge in [0.1, 0.15) is 19.0 Å². The monoisotopic (exact) mass is 363 g/mol. The van der Waals surface area contributed by atoms with Crippen LogP contribution in [0.4, 0.5) is 5.69 Å². The SMILES string of the molecule is CCn1c(C2CC(=O)N(c3ccc4c(c3)OCCO4)C2)nc2ccccc21. The van der Waals surface area contributed by atoms with Gasteiger partial charge in [0.15, 0.2) is 11.5 Å². The van der Waals surface area contributed by atoms with Crippen molar-refractivity contribution in [1.29, 1.82) is 0 Å². The number of hydrogen-bond acceptors (Lipinski definition) is 4. The number of carbonyl (C=O) groups excluding carboxylic acids is 1. The zero-order valence-corrected chi connectivity index (χ0v) is 15.2. The molecular weight excluding hydrogens is 342 g/mol. The number of benzene rings is 2. The van der Waals surface area contributed by atoms with Gasteiger partial charge in [-0.15, -0.1) is 0 Å². The zero-order valence-electron chi connectivity index (χ0n) is 15.2. The van der Waals surface area contributed by atoms with Crippen LogP contribution >= 0.6 is 0 Å². The van der Waals surface area contributed by atoms with E-state index in [1.54, 1.807) is 0 Å². The molecule has 0 radical (unpaired) electrons. The second kappa shape index (κ2) is 6.30. The van der Waals surface area contributed by atoms with Crippen LogP contribution in [-0.2, 0) is 11.3 Å². The highest BCUT2D eigenvalue weighted by atomic mass is 16.6. The lowest BCUT2D eigenvalue weighted by molar-refractivity contribution is -0.117. The lowest BCUT2D eigenvalue weighted by atomic mass is 10.1. The first-order chi connectivity index (χ1) is 13.2. The number of amides is 1. The summed E-state index contributed by atoms with van der Waals surface area (Å²) >= 11 is 0. The topological polar surface area (TPSA) is 56.6 Å². The molecule has 3 heterocycles. The maximum atomic E-state index is 12.8. The predicted octanol–water partition coefficient (Wildman–Crippen LogP) is 3.35. The van der Waals surface area contributed by atoms with Crippen LogP contribution in [0.15, 0.2) is 42.5 Å². The summed E-state index contributed by atoms with van der Waals surface area (Å²) in [5.74, 6) is 2.63. The molecule has 1 amide bonds. The number of rotatable bonds is 3. The van der Waals surface area contributed by atoms with Gasteiger partial charge in [-0.1, -0.05) is 12.1 Å². The number of para-hydroxylation sites is 2. The summed E-state index contributed by atoms with van der Waals surface area (Å²) in [7, 11) is 0. The van der Waals surface area contributed by atoms with E-state index in [1.165, 1.54) is 0 Å². The number of hydrogen-bond donors (Lipinski definition) is 0. The molecule has 0 N–H and O–H groups in total. The molecule has 2 aliphatic rings.